The van der Waals surface area contributed by atoms with Crippen molar-refractivity contribution >= 4 is 28.7 Å². The number of fused-ring (bicyclic) bond motifs is 1. The van der Waals surface area contributed by atoms with Gasteiger partial charge in [0.15, 0.2) is 0 Å². The summed E-state index contributed by atoms with van der Waals surface area (Å²) in [4.78, 5) is 38.0. The molecule has 26 heavy (non-hydrogen) atoms. The molecule has 0 saturated heterocycles. The van der Waals surface area contributed by atoms with Crippen LogP contribution in [0.15, 0.2) is 18.2 Å². The molecule has 0 saturated carbocycles. The average Bonchev–Trinajstić information content (AvgIpc) is 2.95. The Morgan fingerprint density at radius 2 is 1.92 bits per heavy atom. The Morgan fingerprint density at radius 3 is 2.54 bits per heavy atom. The molecule has 0 spiro atoms. The largest absolute Gasteiger partial charge is 0.480 e. The zero-order valence-corrected chi connectivity index (χ0v) is 14.9. The minimum atomic E-state index is -1.12. The van der Waals surface area contributed by atoms with Gasteiger partial charge in [0.05, 0.1) is 6.54 Å². The smallest absolute Gasteiger partial charge is 0.326 e. The van der Waals surface area contributed by atoms with E-state index in [1.807, 2.05) is 13.8 Å². The summed E-state index contributed by atoms with van der Waals surface area (Å²) in [6.45, 7) is 5.08. The van der Waals surface area contributed by atoms with Crippen LogP contribution in [-0.2, 0) is 9.59 Å². The monoisotopic (exact) mass is 363 g/mol. The highest BCUT2D eigenvalue weighted by molar-refractivity contribution is 6.00. The van der Waals surface area contributed by atoms with Gasteiger partial charge in [-0.1, -0.05) is 13.8 Å². The maximum absolute atomic E-state index is 13.4. The third kappa shape index (κ3) is 4.81. The lowest BCUT2D eigenvalue weighted by atomic mass is 10.0. The first-order valence-corrected chi connectivity index (χ1v) is 8.26. The fraction of sp³-hybridized carbons (Fsp3) is 0.389. The molecule has 0 aliphatic heterocycles. The molecule has 8 heteroatoms. The van der Waals surface area contributed by atoms with Crippen molar-refractivity contribution in [1.29, 1.82) is 0 Å². The summed E-state index contributed by atoms with van der Waals surface area (Å²) in [7, 11) is 0. The molecule has 2 amide bonds. The summed E-state index contributed by atoms with van der Waals surface area (Å²) in [6, 6.07) is 3.23. The van der Waals surface area contributed by atoms with Crippen LogP contribution in [0.2, 0.25) is 0 Å². The van der Waals surface area contributed by atoms with Crippen molar-refractivity contribution in [2.75, 3.05) is 6.54 Å². The van der Waals surface area contributed by atoms with E-state index in [4.69, 9.17) is 5.11 Å². The zero-order chi connectivity index (χ0) is 19.4. The first-order chi connectivity index (χ1) is 12.2. The van der Waals surface area contributed by atoms with Gasteiger partial charge >= 0.3 is 5.97 Å². The van der Waals surface area contributed by atoms with Gasteiger partial charge in [0.1, 0.15) is 17.6 Å². The molecule has 1 atom stereocenters. The number of hydrogen-bond donors (Lipinski definition) is 4. The van der Waals surface area contributed by atoms with E-state index in [0.717, 1.165) is 0 Å². The van der Waals surface area contributed by atoms with E-state index in [2.05, 4.69) is 15.6 Å². The van der Waals surface area contributed by atoms with Crippen LogP contribution in [0.5, 0.6) is 0 Å². The van der Waals surface area contributed by atoms with Crippen molar-refractivity contribution in [1.82, 2.24) is 15.6 Å². The summed E-state index contributed by atoms with van der Waals surface area (Å²) in [5, 5.41) is 14.6. The molecule has 0 fully saturated rings. The second-order valence-electron chi connectivity index (χ2n) is 6.64. The van der Waals surface area contributed by atoms with E-state index < -0.39 is 29.6 Å². The Hall–Kier alpha value is -2.90. The fourth-order valence-corrected chi connectivity index (χ4v) is 2.69. The number of carboxylic acid groups (broad SMARTS) is 1. The number of aryl methyl sites for hydroxylation is 1. The van der Waals surface area contributed by atoms with Crippen LogP contribution in [0, 0.1) is 18.7 Å². The van der Waals surface area contributed by atoms with Crippen molar-refractivity contribution in [3.05, 3.63) is 35.3 Å². The summed E-state index contributed by atoms with van der Waals surface area (Å²) < 4.78 is 13.4. The van der Waals surface area contributed by atoms with E-state index in [1.54, 1.807) is 13.0 Å². The van der Waals surface area contributed by atoms with Gasteiger partial charge in [-0.3, -0.25) is 9.59 Å². The molecule has 0 radical (unpaired) electrons. The lowest BCUT2D eigenvalue weighted by Crippen LogP contribution is -2.46. The van der Waals surface area contributed by atoms with Gasteiger partial charge in [-0.25, -0.2) is 9.18 Å². The van der Waals surface area contributed by atoms with Crippen LogP contribution in [0.3, 0.4) is 0 Å². The normalized spacial score (nSPS) is 12.2. The summed E-state index contributed by atoms with van der Waals surface area (Å²) >= 11 is 0. The number of amides is 2. The number of benzene rings is 1. The van der Waals surface area contributed by atoms with Gasteiger partial charge in [-0.05, 0) is 43.0 Å². The van der Waals surface area contributed by atoms with Gasteiger partial charge in [-0.2, -0.15) is 0 Å². The maximum Gasteiger partial charge on any atom is 0.326 e. The Balaban J connectivity index is 1.98. The lowest BCUT2D eigenvalue weighted by molar-refractivity contribution is -0.142. The molecule has 0 bridgehead atoms. The number of aromatic amines is 1. The van der Waals surface area contributed by atoms with Gasteiger partial charge in [-0.15, -0.1) is 0 Å². The van der Waals surface area contributed by atoms with Crippen molar-refractivity contribution in [2.24, 2.45) is 5.92 Å². The number of rotatable bonds is 7. The highest BCUT2D eigenvalue weighted by atomic mass is 19.1. The molecule has 1 aromatic heterocycles. The number of nitrogens with one attached hydrogen (secondary N) is 3. The van der Waals surface area contributed by atoms with E-state index in [1.165, 1.54) is 12.1 Å². The number of carbonyl (C=O) groups excluding carboxylic acids is 2. The Morgan fingerprint density at radius 1 is 1.23 bits per heavy atom. The summed E-state index contributed by atoms with van der Waals surface area (Å²) in [5.41, 5.74) is 1.37. The SMILES string of the molecule is Cc1cc(F)cc2[nH]c(C(=O)NCC(=O)N[C@@H](CC(C)C)C(=O)O)cc12. The molecule has 7 nitrogen and oxygen atoms in total. The number of halogens is 1. The van der Waals surface area contributed by atoms with Crippen LogP contribution in [0.4, 0.5) is 4.39 Å². The van der Waals surface area contributed by atoms with Gasteiger partial charge < -0.3 is 20.7 Å². The fourth-order valence-electron chi connectivity index (χ4n) is 2.69. The molecule has 0 aliphatic carbocycles. The van der Waals surface area contributed by atoms with Crippen LogP contribution in [0.25, 0.3) is 10.9 Å². The molecule has 140 valence electrons. The average molecular weight is 363 g/mol. The second kappa shape index (κ2) is 7.99. The maximum atomic E-state index is 13.4. The summed E-state index contributed by atoms with van der Waals surface area (Å²) in [6.07, 6.45) is 0.294. The number of hydrogen-bond acceptors (Lipinski definition) is 3. The predicted molar refractivity (Wildman–Crippen MR) is 94.3 cm³/mol. The molecular weight excluding hydrogens is 341 g/mol. The minimum absolute atomic E-state index is 0.0981. The van der Waals surface area contributed by atoms with Crippen LogP contribution >= 0.6 is 0 Å². The topological polar surface area (TPSA) is 111 Å². The molecule has 1 heterocycles. The Labute approximate surface area is 150 Å². The molecular formula is C18H22FN3O4. The molecule has 4 N–H and O–H groups in total. The molecule has 2 aromatic rings. The highest BCUT2D eigenvalue weighted by Gasteiger charge is 2.21. The highest BCUT2D eigenvalue weighted by Crippen LogP contribution is 2.21. The zero-order valence-electron chi connectivity index (χ0n) is 14.9. The van der Waals surface area contributed by atoms with E-state index in [9.17, 15) is 18.8 Å². The Kier molecular flexibility index (Phi) is 5.97. The molecule has 1 aromatic carbocycles. The van der Waals surface area contributed by atoms with Gasteiger partial charge in [0, 0.05) is 10.9 Å². The number of H-pyrrole nitrogens is 1. The quantitative estimate of drug-likeness (QED) is 0.602. The standard InChI is InChI=1S/C18H22FN3O4/c1-9(2)4-15(18(25)26)22-16(23)8-20-17(24)14-7-12-10(3)5-11(19)6-13(12)21-14/h5-7,9,15,21H,4,8H2,1-3H3,(H,20,24)(H,22,23)(H,25,26)/t15-/m0/s1. The number of aromatic nitrogens is 1. The molecule has 0 aliphatic rings. The minimum Gasteiger partial charge on any atom is -0.480 e. The van der Waals surface area contributed by atoms with E-state index in [0.29, 0.717) is 22.9 Å². The van der Waals surface area contributed by atoms with E-state index >= 15 is 0 Å². The van der Waals surface area contributed by atoms with Gasteiger partial charge in [0.2, 0.25) is 5.91 Å². The predicted octanol–water partition coefficient (Wildman–Crippen LogP) is 1.96. The third-order valence-electron chi connectivity index (χ3n) is 3.90. The summed E-state index contributed by atoms with van der Waals surface area (Å²) in [5.74, 6) is -2.56. The van der Waals surface area contributed by atoms with Crippen molar-refractivity contribution in [2.45, 2.75) is 33.2 Å². The first kappa shape index (κ1) is 19.4. The molecule has 0 unspecified atom stereocenters. The third-order valence-corrected chi connectivity index (χ3v) is 3.90. The first-order valence-electron chi connectivity index (χ1n) is 8.26. The lowest BCUT2D eigenvalue weighted by Gasteiger charge is -2.16. The number of aliphatic carboxylic acids is 1. The van der Waals surface area contributed by atoms with Crippen LogP contribution in [-0.4, -0.2) is 40.5 Å². The van der Waals surface area contributed by atoms with Crippen molar-refractivity contribution in [3.63, 3.8) is 0 Å². The van der Waals surface area contributed by atoms with E-state index in [-0.39, 0.29) is 18.2 Å². The number of carbonyl (C=O) groups is 3. The number of carboxylic acids is 1. The molecule has 2 rings (SSSR count). The Bertz CT molecular complexity index is 844. The second-order valence-corrected chi connectivity index (χ2v) is 6.64. The van der Waals surface area contributed by atoms with Gasteiger partial charge in [0.25, 0.3) is 5.91 Å². The van der Waals surface area contributed by atoms with Crippen molar-refractivity contribution in [3.8, 4) is 0 Å². The van der Waals surface area contributed by atoms with Crippen LogP contribution in [0.1, 0.15) is 36.3 Å². The van der Waals surface area contributed by atoms with Crippen molar-refractivity contribution < 1.29 is 23.9 Å². The van der Waals surface area contributed by atoms with Crippen LogP contribution < -0.4 is 10.6 Å².